The highest BCUT2D eigenvalue weighted by Crippen LogP contribution is 2.35. The second-order valence-electron chi connectivity index (χ2n) is 9.22. The Hall–Kier alpha value is -0.0800. The molecule has 3 fully saturated rings. The lowest BCUT2D eigenvalue weighted by atomic mass is 9.79. The lowest BCUT2D eigenvalue weighted by Crippen LogP contribution is -2.59. The zero-order valence-corrected chi connectivity index (χ0v) is 20.7. The van der Waals surface area contributed by atoms with E-state index in [1.807, 2.05) is 7.05 Å². The molecule has 1 saturated carbocycles. The van der Waals surface area contributed by atoms with Crippen LogP contribution in [0.25, 0.3) is 0 Å². The van der Waals surface area contributed by atoms with Crippen LogP contribution < -0.4 is 10.6 Å². The van der Waals surface area contributed by atoms with E-state index in [2.05, 4.69) is 32.5 Å². The van der Waals surface area contributed by atoms with Gasteiger partial charge in [-0.3, -0.25) is 9.89 Å². The molecular formula is C22H44IN5. The Morgan fingerprint density at radius 1 is 0.929 bits per heavy atom. The second kappa shape index (κ2) is 12.6. The van der Waals surface area contributed by atoms with Gasteiger partial charge in [0.05, 0.1) is 0 Å². The average molecular weight is 506 g/mol. The largest absolute Gasteiger partial charge is 0.356 e. The summed E-state index contributed by atoms with van der Waals surface area (Å²) in [6.07, 6.45) is 15.0. The van der Waals surface area contributed by atoms with Gasteiger partial charge in [0.25, 0.3) is 0 Å². The quantitative estimate of drug-likeness (QED) is 0.328. The molecule has 0 spiro atoms. The van der Waals surface area contributed by atoms with Crippen LogP contribution in [0.5, 0.6) is 0 Å². The highest BCUT2D eigenvalue weighted by molar-refractivity contribution is 14.0. The monoisotopic (exact) mass is 505 g/mol. The fraction of sp³-hybridized carbons (Fsp3) is 0.955. The highest BCUT2D eigenvalue weighted by atomic mass is 127. The molecule has 0 bridgehead atoms. The number of guanidine groups is 1. The average Bonchev–Trinajstić information content (AvgIpc) is 2.73. The van der Waals surface area contributed by atoms with Crippen molar-refractivity contribution in [2.75, 3.05) is 53.4 Å². The van der Waals surface area contributed by atoms with E-state index in [-0.39, 0.29) is 24.0 Å². The van der Waals surface area contributed by atoms with Gasteiger partial charge in [0.2, 0.25) is 0 Å². The van der Waals surface area contributed by atoms with Crippen LogP contribution in [0.2, 0.25) is 0 Å². The molecule has 0 radical (unpaired) electrons. The van der Waals surface area contributed by atoms with Crippen molar-refractivity contribution in [3.8, 4) is 0 Å². The van der Waals surface area contributed by atoms with Crippen LogP contribution in [-0.2, 0) is 0 Å². The first-order chi connectivity index (χ1) is 13.2. The van der Waals surface area contributed by atoms with Crippen LogP contribution in [0.15, 0.2) is 4.99 Å². The van der Waals surface area contributed by atoms with E-state index in [4.69, 9.17) is 0 Å². The summed E-state index contributed by atoms with van der Waals surface area (Å²) in [6, 6.07) is 0. The molecule has 2 saturated heterocycles. The van der Waals surface area contributed by atoms with Crippen molar-refractivity contribution in [1.82, 2.24) is 20.4 Å². The third-order valence-electron chi connectivity index (χ3n) is 7.30. The molecule has 2 aliphatic heterocycles. The molecule has 0 aromatic heterocycles. The first kappa shape index (κ1) is 24.2. The molecular weight excluding hydrogens is 461 g/mol. The molecule has 2 heterocycles. The van der Waals surface area contributed by atoms with Crippen molar-refractivity contribution < 1.29 is 0 Å². The number of hydrogen-bond acceptors (Lipinski definition) is 3. The topological polar surface area (TPSA) is 42.9 Å². The van der Waals surface area contributed by atoms with Gasteiger partial charge in [-0.2, -0.15) is 0 Å². The summed E-state index contributed by atoms with van der Waals surface area (Å²) in [4.78, 5) is 9.78. The molecule has 0 unspecified atom stereocenters. The van der Waals surface area contributed by atoms with Crippen molar-refractivity contribution >= 4 is 29.9 Å². The molecule has 5 nitrogen and oxygen atoms in total. The Morgan fingerprint density at radius 3 is 2.21 bits per heavy atom. The normalized spacial score (nSPS) is 25.1. The van der Waals surface area contributed by atoms with Crippen LogP contribution >= 0.6 is 24.0 Å². The number of halogens is 1. The summed E-state index contributed by atoms with van der Waals surface area (Å²) >= 11 is 0. The molecule has 164 valence electrons. The first-order valence-electron chi connectivity index (χ1n) is 11.6. The van der Waals surface area contributed by atoms with Crippen molar-refractivity contribution in [3.63, 3.8) is 0 Å². The Kier molecular flexibility index (Phi) is 10.9. The maximum Gasteiger partial charge on any atom is 0.191 e. The molecule has 0 amide bonds. The van der Waals surface area contributed by atoms with Crippen molar-refractivity contribution in [3.05, 3.63) is 0 Å². The maximum absolute atomic E-state index is 4.51. The SMILES string of the molecule is CN=C(NCCC1CCN(C)CC1)NCC1(N2CCCCC2)CCCCC1.I. The highest BCUT2D eigenvalue weighted by Gasteiger charge is 2.38. The molecule has 2 N–H and O–H groups in total. The van der Waals surface area contributed by atoms with Gasteiger partial charge < -0.3 is 15.5 Å². The molecule has 28 heavy (non-hydrogen) atoms. The number of piperidine rings is 2. The molecule has 6 heteroatoms. The first-order valence-corrected chi connectivity index (χ1v) is 11.6. The van der Waals surface area contributed by atoms with E-state index in [1.165, 1.54) is 96.8 Å². The number of hydrogen-bond donors (Lipinski definition) is 2. The van der Waals surface area contributed by atoms with Gasteiger partial charge in [0.15, 0.2) is 5.96 Å². The summed E-state index contributed by atoms with van der Waals surface area (Å²) in [5.41, 5.74) is 0.365. The minimum atomic E-state index is 0. The number of rotatable bonds is 6. The second-order valence-corrected chi connectivity index (χ2v) is 9.22. The Labute approximate surface area is 190 Å². The van der Waals surface area contributed by atoms with Gasteiger partial charge in [0.1, 0.15) is 0 Å². The summed E-state index contributed by atoms with van der Waals surface area (Å²) in [7, 11) is 4.16. The van der Waals surface area contributed by atoms with Gasteiger partial charge >= 0.3 is 0 Å². The van der Waals surface area contributed by atoms with Crippen molar-refractivity contribution in [1.29, 1.82) is 0 Å². The van der Waals surface area contributed by atoms with Crippen molar-refractivity contribution in [2.45, 2.75) is 76.2 Å². The summed E-state index contributed by atoms with van der Waals surface area (Å²) in [5.74, 6) is 1.88. The summed E-state index contributed by atoms with van der Waals surface area (Å²) in [5, 5.41) is 7.31. The number of likely N-dealkylation sites (tertiary alicyclic amines) is 2. The zero-order chi connectivity index (χ0) is 19.0. The minimum Gasteiger partial charge on any atom is -0.356 e. The molecule has 1 aliphatic carbocycles. The van der Waals surface area contributed by atoms with E-state index >= 15 is 0 Å². The Balaban J connectivity index is 0.00000280. The van der Waals surface area contributed by atoms with Gasteiger partial charge in [-0.25, -0.2) is 0 Å². The molecule has 0 atom stereocenters. The maximum atomic E-state index is 4.51. The van der Waals surface area contributed by atoms with E-state index in [0.29, 0.717) is 5.54 Å². The van der Waals surface area contributed by atoms with Crippen LogP contribution in [0.1, 0.15) is 70.6 Å². The Bertz CT molecular complexity index is 450. The Morgan fingerprint density at radius 2 is 1.57 bits per heavy atom. The minimum absolute atomic E-state index is 0. The third kappa shape index (κ3) is 7.01. The molecule has 0 aromatic rings. The van der Waals surface area contributed by atoms with Crippen LogP contribution in [0, 0.1) is 5.92 Å². The van der Waals surface area contributed by atoms with Gasteiger partial charge in [-0.15, -0.1) is 24.0 Å². The van der Waals surface area contributed by atoms with Gasteiger partial charge in [-0.05, 0) is 84.1 Å². The predicted octanol–water partition coefficient (Wildman–Crippen LogP) is 3.69. The number of nitrogens with zero attached hydrogens (tertiary/aromatic N) is 3. The fourth-order valence-corrected chi connectivity index (χ4v) is 5.40. The molecule has 3 rings (SSSR count). The van der Waals surface area contributed by atoms with Crippen molar-refractivity contribution in [2.24, 2.45) is 10.9 Å². The molecule has 3 aliphatic rings. The number of nitrogens with one attached hydrogen (secondary N) is 2. The lowest BCUT2D eigenvalue weighted by molar-refractivity contribution is 0.0368. The van der Waals surface area contributed by atoms with Gasteiger partial charge in [0, 0.05) is 25.7 Å². The standard InChI is InChI=1S/C22H43N5.HI/c1-23-21(24-14-9-20-10-17-26(2)18-11-20)25-19-22(12-5-3-6-13-22)27-15-7-4-8-16-27;/h20H,3-19H2,1-2H3,(H2,23,24,25);1H. The summed E-state index contributed by atoms with van der Waals surface area (Å²) < 4.78 is 0. The zero-order valence-electron chi connectivity index (χ0n) is 18.3. The fourth-order valence-electron chi connectivity index (χ4n) is 5.40. The van der Waals surface area contributed by atoms with E-state index in [1.54, 1.807) is 0 Å². The lowest BCUT2D eigenvalue weighted by Gasteiger charge is -2.48. The number of aliphatic imine (C=N–C) groups is 1. The van der Waals surface area contributed by atoms with Crippen LogP contribution in [-0.4, -0.2) is 74.7 Å². The molecule has 0 aromatic carbocycles. The van der Waals surface area contributed by atoms with Crippen LogP contribution in [0.3, 0.4) is 0 Å². The predicted molar refractivity (Wildman–Crippen MR) is 131 cm³/mol. The summed E-state index contributed by atoms with van der Waals surface area (Å²) in [6.45, 7) is 7.21. The van der Waals surface area contributed by atoms with E-state index < -0.39 is 0 Å². The van der Waals surface area contributed by atoms with E-state index in [9.17, 15) is 0 Å². The van der Waals surface area contributed by atoms with E-state index in [0.717, 1.165) is 25.0 Å². The van der Waals surface area contributed by atoms with Crippen LogP contribution in [0.4, 0.5) is 0 Å². The van der Waals surface area contributed by atoms with Gasteiger partial charge in [-0.1, -0.05) is 25.7 Å². The smallest absolute Gasteiger partial charge is 0.191 e. The third-order valence-corrected chi connectivity index (χ3v) is 7.30.